The highest BCUT2D eigenvalue weighted by Crippen LogP contribution is 2.34. The van der Waals surface area contributed by atoms with Crippen molar-refractivity contribution in [2.24, 2.45) is 0 Å². The van der Waals surface area contributed by atoms with E-state index in [1.54, 1.807) is 18.2 Å². The molecular weight excluding hydrogens is 434 g/mol. The standard InChI is InChI=1S/C14H9Br2Cl2FO/c15-6-9-3-11(17)5-13(18)14(9)20-7-8-1-10(16)4-12(19)2-8/h1-5H,6-7H2. The van der Waals surface area contributed by atoms with E-state index in [4.69, 9.17) is 27.9 Å². The van der Waals surface area contributed by atoms with Gasteiger partial charge in [0, 0.05) is 20.4 Å². The monoisotopic (exact) mass is 440 g/mol. The van der Waals surface area contributed by atoms with Crippen LogP contribution in [-0.4, -0.2) is 0 Å². The average molecular weight is 443 g/mol. The molecule has 20 heavy (non-hydrogen) atoms. The van der Waals surface area contributed by atoms with Gasteiger partial charge in [-0.3, -0.25) is 0 Å². The normalized spacial score (nSPS) is 10.7. The van der Waals surface area contributed by atoms with E-state index in [2.05, 4.69) is 31.9 Å². The summed E-state index contributed by atoms with van der Waals surface area (Å²) < 4.78 is 19.7. The summed E-state index contributed by atoms with van der Waals surface area (Å²) in [5.74, 6) is 0.231. The van der Waals surface area contributed by atoms with Gasteiger partial charge in [-0.15, -0.1) is 0 Å². The Balaban J connectivity index is 2.22. The zero-order valence-electron chi connectivity index (χ0n) is 10.1. The number of ether oxygens (including phenoxy) is 1. The van der Waals surface area contributed by atoms with Gasteiger partial charge in [-0.1, -0.05) is 55.1 Å². The molecule has 0 bridgehead atoms. The fourth-order valence-electron chi connectivity index (χ4n) is 1.72. The Hall–Kier alpha value is -0.290. The second kappa shape index (κ2) is 7.12. The van der Waals surface area contributed by atoms with Gasteiger partial charge in [-0.05, 0) is 35.9 Å². The molecule has 0 N–H and O–H groups in total. The van der Waals surface area contributed by atoms with Gasteiger partial charge in [0.2, 0.25) is 0 Å². The van der Waals surface area contributed by atoms with Gasteiger partial charge in [-0.25, -0.2) is 4.39 Å². The first kappa shape index (κ1) is 16.1. The van der Waals surface area contributed by atoms with Gasteiger partial charge in [0.05, 0.1) is 5.02 Å². The molecule has 106 valence electrons. The molecule has 1 nitrogen and oxygen atoms in total. The molecule has 0 saturated carbocycles. The van der Waals surface area contributed by atoms with Crippen LogP contribution in [0.3, 0.4) is 0 Å². The molecule has 0 aromatic heterocycles. The van der Waals surface area contributed by atoms with Crippen molar-refractivity contribution in [1.82, 2.24) is 0 Å². The molecule has 0 radical (unpaired) electrons. The molecule has 0 aliphatic carbocycles. The van der Waals surface area contributed by atoms with Gasteiger partial charge in [-0.2, -0.15) is 0 Å². The van der Waals surface area contributed by atoms with E-state index in [0.29, 0.717) is 31.2 Å². The van der Waals surface area contributed by atoms with Crippen LogP contribution in [0.1, 0.15) is 11.1 Å². The van der Waals surface area contributed by atoms with Crippen molar-refractivity contribution in [1.29, 1.82) is 0 Å². The largest absolute Gasteiger partial charge is 0.487 e. The minimum atomic E-state index is -0.319. The van der Waals surface area contributed by atoms with Gasteiger partial charge in [0.25, 0.3) is 0 Å². The molecule has 0 amide bonds. The van der Waals surface area contributed by atoms with Crippen molar-refractivity contribution in [3.63, 3.8) is 0 Å². The van der Waals surface area contributed by atoms with Crippen molar-refractivity contribution in [2.45, 2.75) is 11.9 Å². The average Bonchev–Trinajstić information content (AvgIpc) is 2.35. The first-order valence-corrected chi connectivity index (χ1v) is 8.28. The second-order valence-electron chi connectivity index (χ2n) is 4.08. The van der Waals surface area contributed by atoms with Gasteiger partial charge < -0.3 is 4.74 Å². The summed E-state index contributed by atoms with van der Waals surface area (Å²) in [6, 6.07) is 8.00. The van der Waals surface area contributed by atoms with E-state index in [1.165, 1.54) is 12.1 Å². The topological polar surface area (TPSA) is 9.23 Å². The number of hydrogen-bond acceptors (Lipinski definition) is 1. The van der Waals surface area contributed by atoms with Gasteiger partial charge >= 0.3 is 0 Å². The van der Waals surface area contributed by atoms with E-state index in [-0.39, 0.29) is 12.4 Å². The predicted octanol–water partition coefficient (Wildman–Crippen LogP) is 6.37. The zero-order chi connectivity index (χ0) is 14.7. The molecular formula is C14H9Br2Cl2FO. The summed E-state index contributed by atoms with van der Waals surface area (Å²) in [6.45, 7) is 0.220. The Kier molecular flexibility index (Phi) is 5.73. The van der Waals surface area contributed by atoms with Crippen LogP contribution in [0.25, 0.3) is 0 Å². The summed E-state index contributed by atoms with van der Waals surface area (Å²) in [6.07, 6.45) is 0. The molecule has 2 rings (SSSR count). The number of alkyl halides is 1. The van der Waals surface area contributed by atoms with E-state index in [1.807, 2.05) is 0 Å². The van der Waals surface area contributed by atoms with Crippen molar-refractivity contribution in [2.75, 3.05) is 0 Å². The maximum Gasteiger partial charge on any atom is 0.142 e. The molecule has 2 aromatic carbocycles. The fraction of sp³-hybridized carbons (Fsp3) is 0.143. The third kappa shape index (κ3) is 4.10. The molecule has 0 aliphatic heterocycles. The molecule has 0 unspecified atom stereocenters. The number of rotatable bonds is 4. The van der Waals surface area contributed by atoms with Crippen molar-refractivity contribution < 1.29 is 9.13 Å². The minimum absolute atomic E-state index is 0.220. The number of benzene rings is 2. The summed E-state index contributed by atoms with van der Waals surface area (Å²) in [5.41, 5.74) is 1.56. The third-order valence-electron chi connectivity index (χ3n) is 2.53. The Labute approximate surface area is 143 Å². The Morgan fingerprint density at radius 1 is 1.10 bits per heavy atom. The van der Waals surface area contributed by atoms with Crippen molar-refractivity contribution in [3.8, 4) is 5.75 Å². The zero-order valence-corrected chi connectivity index (χ0v) is 14.8. The Morgan fingerprint density at radius 2 is 1.85 bits per heavy atom. The Bertz CT molecular complexity index is 615. The molecule has 0 spiro atoms. The van der Waals surface area contributed by atoms with Gasteiger partial charge in [0.15, 0.2) is 0 Å². The van der Waals surface area contributed by atoms with Crippen LogP contribution in [0.5, 0.6) is 5.75 Å². The highest BCUT2D eigenvalue weighted by molar-refractivity contribution is 9.10. The van der Waals surface area contributed by atoms with E-state index in [9.17, 15) is 4.39 Å². The first-order valence-electron chi connectivity index (χ1n) is 5.61. The lowest BCUT2D eigenvalue weighted by Crippen LogP contribution is -1.99. The van der Waals surface area contributed by atoms with Gasteiger partial charge in [0.1, 0.15) is 18.2 Å². The number of hydrogen-bond donors (Lipinski definition) is 0. The van der Waals surface area contributed by atoms with Crippen LogP contribution in [0.2, 0.25) is 10.0 Å². The lowest BCUT2D eigenvalue weighted by atomic mass is 10.2. The molecule has 0 fully saturated rings. The third-order valence-corrected chi connectivity index (χ3v) is 4.10. The lowest BCUT2D eigenvalue weighted by Gasteiger charge is -2.13. The molecule has 0 aliphatic rings. The maximum absolute atomic E-state index is 13.3. The van der Waals surface area contributed by atoms with Crippen LogP contribution in [0, 0.1) is 5.82 Å². The highest BCUT2D eigenvalue weighted by atomic mass is 79.9. The smallest absolute Gasteiger partial charge is 0.142 e. The van der Waals surface area contributed by atoms with E-state index >= 15 is 0 Å². The van der Waals surface area contributed by atoms with Crippen LogP contribution >= 0.6 is 55.1 Å². The van der Waals surface area contributed by atoms with Crippen molar-refractivity contribution >= 4 is 55.1 Å². The fourth-order valence-corrected chi connectivity index (χ4v) is 3.24. The summed E-state index contributed by atoms with van der Waals surface area (Å²) in [7, 11) is 0. The minimum Gasteiger partial charge on any atom is -0.487 e. The summed E-state index contributed by atoms with van der Waals surface area (Å²) in [4.78, 5) is 0. The first-order chi connectivity index (χ1) is 9.49. The lowest BCUT2D eigenvalue weighted by molar-refractivity contribution is 0.303. The van der Waals surface area contributed by atoms with E-state index < -0.39 is 0 Å². The van der Waals surface area contributed by atoms with E-state index in [0.717, 1.165) is 5.56 Å². The molecule has 0 atom stereocenters. The SMILES string of the molecule is Fc1cc(Br)cc(COc2c(Cl)cc(Cl)cc2CBr)c1. The quantitative estimate of drug-likeness (QED) is 0.500. The number of halogens is 5. The van der Waals surface area contributed by atoms with Crippen molar-refractivity contribution in [3.05, 3.63) is 61.8 Å². The molecule has 6 heteroatoms. The maximum atomic E-state index is 13.3. The summed E-state index contributed by atoms with van der Waals surface area (Å²) >= 11 is 18.7. The van der Waals surface area contributed by atoms with Crippen LogP contribution in [0.4, 0.5) is 4.39 Å². The second-order valence-corrected chi connectivity index (χ2v) is 6.40. The van der Waals surface area contributed by atoms with Crippen LogP contribution in [0.15, 0.2) is 34.8 Å². The molecule has 0 saturated heterocycles. The van der Waals surface area contributed by atoms with Crippen LogP contribution < -0.4 is 4.74 Å². The highest BCUT2D eigenvalue weighted by Gasteiger charge is 2.10. The predicted molar refractivity (Wildman–Crippen MR) is 87.5 cm³/mol. The molecule has 0 heterocycles. The molecule has 2 aromatic rings. The Morgan fingerprint density at radius 3 is 2.50 bits per heavy atom. The summed E-state index contributed by atoms with van der Waals surface area (Å²) in [5, 5.41) is 1.54. The van der Waals surface area contributed by atoms with Crippen LogP contribution in [-0.2, 0) is 11.9 Å².